The van der Waals surface area contributed by atoms with Gasteiger partial charge in [0.1, 0.15) is 10.3 Å². The summed E-state index contributed by atoms with van der Waals surface area (Å²) in [6, 6.07) is 14.9. The normalized spacial score (nSPS) is 13.3. The first-order chi connectivity index (χ1) is 10.8. The molecule has 0 amide bonds. The SMILES string of the molecule is Cc1cccc(/N=C(\Cl)C(Cl)(Cl)/C(Cl)=N\c2cccc(C)c2)c1. The average molecular weight is 388 g/mol. The van der Waals surface area contributed by atoms with Gasteiger partial charge < -0.3 is 0 Å². The first-order valence-electron chi connectivity index (χ1n) is 6.79. The van der Waals surface area contributed by atoms with Gasteiger partial charge in [-0.2, -0.15) is 0 Å². The minimum atomic E-state index is -1.71. The molecule has 2 aromatic carbocycles. The van der Waals surface area contributed by atoms with Crippen LogP contribution in [0.1, 0.15) is 11.1 Å². The Labute approximate surface area is 155 Å². The molecule has 0 aromatic heterocycles. The predicted octanol–water partition coefficient (Wildman–Crippen LogP) is 6.72. The fraction of sp³-hybridized carbons (Fsp3) is 0.176. The Morgan fingerprint density at radius 2 is 1.17 bits per heavy atom. The van der Waals surface area contributed by atoms with Crippen molar-refractivity contribution < 1.29 is 0 Å². The summed E-state index contributed by atoms with van der Waals surface area (Å²) in [5, 5.41) is -0.124. The molecule has 0 fully saturated rings. The lowest BCUT2D eigenvalue weighted by molar-refractivity contribution is 1.37. The lowest BCUT2D eigenvalue weighted by Crippen LogP contribution is -2.28. The van der Waals surface area contributed by atoms with Crippen LogP contribution in [0.25, 0.3) is 0 Å². The third-order valence-electron chi connectivity index (χ3n) is 2.98. The Balaban J connectivity index is 2.32. The molecule has 0 aliphatic carbocycles. The second kappa shape index (κ2) is 7.67. The maximum Gasteiger partial charge on any atom is 0.222 e. The number of hydrogen-bond donors (Lipinski definition) is 0. The van der Waals surface area contributed by atoms with Crippen molar-refractivity contribution in [2.24, 2.45) is 9.98 Å². The van der Waals surface area contributed by atoms with Gasteiger partial charge in [-0.1, -0.05) is 70.7 Å². The van der Waals surface area contributed by atoms with Gasteiger partial charge in [-0.25, -0.2) is 9.98 Å². The minimum Gasteiger partial charge on any atom is -0.237 e. The van der Waals surface area contributed by atoms with Crippen LogP contribution in [0.5, 0.6) is 0 Å². The molecule has 0 unspecified atom stereocenters. The predicted molar refractivity (Wildman–Crippen MR) is 103 cm³/mol. The van der Waals surface area contributed by atoms with E-state index in [1.807, 2.05) is 50.2 Å². The molecule has 0 atom stereocenters. The van der Waals surface area contributed by atoms with Gasteiger partial charge in [0, 0.05) is 0 Å². The third kappa shape index (κ3) is 4.95. The molecule has 2 nitrogen and oxygen atoms in total. The summed E-state index contributed by atoms with van der Waals surface area (Å²) in [5.74, 6) is 0. The molecule has 0 spiro atoms. The van der Waals surface area contributed by atoms with Crippen LogP contribution in [0.2, 0.25) is 0 Å². The van der Waals surface area contributed by atoms with Crippen LogP contribution >= 0.6 is 46.4 Å². The number of hydrogen-bond acceptors (Lipinski definition) is 2. The number of rotatable bonds is 4. The Bertz CT molecular complexity index is 703. The summed E-state index contributed by atoms with van der Waals surface area (Å²) in [4.78, 5) is 8.45. The van der Waals surface area contributed by atoms with Crippen LogP contribution in [0.4, 0.5) is 11.4 Å². The largest absolute Gasteiger partial charge is 0.237 e. The number of aliphatic imine (C=N–C) groups is 2. The van der Waals surface area contributed by atoms with E-state index in [0.29, 0.717) is 11.4 Å². The van der Waals surface area contributed by atoms with Crippen LogP contribution in [0.15, 0.2) is 58.5 Å². The maximum atomic E-state index is 6.26. The van der Waals surface area contributed by atoms with Gasteiger partial charge in [0.05, 0.1) is 11.4 Å². The zero-order chi connectivity index (χ0) is 17.0. The number of nitrogens with zero attached hydrogens (tertiary/aromatic N) is 2. The van der Waals surface area contributed by atoms with Gasteiger partial charge >= 0.3 is 0 Å². The molecule has 23 heavy (non-hydrogen) atoms. The average Bonchev–Trinajstić information content (AvgIpc) is 2.47. The van der Waals surface area contributed by atoms with E-state index in [9.17, 15) is 0 Å². The van der Waals surface area contributed by atoms with Gasteiger partial charge in [-0.05, 0) is 49.2 Å². The molecule has 2 rings (SSSR count). The number of benzene rings is 2. The first kappa shape index (κ1) is 18.3. The van der Waals surface area contributed by atoms with E-state index in [2.05, 4.69) is 9.98 Å². The van der Waals surface area contributed by atoms with Crippen molar-refractivity contribution in [3.8, 4) is 0 Å². The van der Waals surface area contributed by atoms with E-state index < -0.39 is 4.33 Å². The number of halogens is 4. The zero-order valence-corrected chi connectivity index (χ0v) is 15.5. The molecule has 0 saturated heterocycles. The quantitative estimate of drug-likeness (QED) is 0.411. The molecule has 0 N–H and O–H groups in total. The highest BCUT2D eigenvalue weighted by molar-refractivity contribution is 6.93. The van der Waals surface area contributed by atoms with Crippen molar-refractivity contribution in [2.75, 3.05) is 0 Å². The van der Waals surface area contributed by atoms with Gasteiger partial charge in [0.25, 0.3) is 0 Å². The lowest BCUT2D eigenvalue weighted by atomic mass is 10.2. The van der Waals surface area contributed by atoms with Crippen molar-refractivity contribution in [3.63, 3.8) is 0 Å². The van der Waals surface area contributed by atoms with Crippen LogP contribution in [-0.2, 0) is 0 Å². The second-order valence-electron chi connectivity index (χ2n) is 5.06. The molecular formula is C17H14Cl4N2. The third-order valence-corrected chi connectivity index (χ3v) is 4.81. The van der Waals surface area contributed by atoms with Crippen molar-refractivity contribution in [1.82, 2.24) is 0 Å². The molecule has 0 saturated carbocycles. The van der Waals surface area contributed by atoms with E-state index in [1.54, 1.807) is 12.1 Å². The monoisotopic (exact) mass is 386 g/mol. The van der Waals surface area contributed by atoms with Crippen molar-refractivity contribution in [2.45, 2.75) is 18.2 Å². The van der Waals surface area contributed by atoms with Crippen LogP contribution < -0.4 is 0 Å². The fourth-order valence-corrected chi connectivity index (χ4v) is 2.44. The van der Waals surface area contributed by atoms with Crippen molar-refractivity contribution in [3.05, 3.63) is 59.7 Å². The van der Waals surface area contributed by atoms with Gasteiger partial charge in [0.2, 0.25) is 4.33 Å². The van der Waals surface area contributed by atoms with Crippen LogP contribution in [-0.4, -0.2) is 14.7 Å². The standard InChI is InChI=1S/C17H14Cl4N2/c1-11-5-3-7-13(9-11)22-15(18)17(20,21)16(19)23-14-8-4-6-12(2)10-14/h3-10H,1-2H3/b22-15-,23-16+. The van der Waals surface area contributed by atoms with Gasteiger partial charge in [-0.15, -0.1) is 0 Å². The summed E-state index contributed by atoms with van der Waals surface area (Å²) in [6.07, 6.45) is 0. The number of alkyl halides is 2. The second-order valence-corrected chi connectivity index (χ2v) is 7.10. The van der Waals surface area contributed by atoms with E-state index >= 15 is 0 Å². The highest BCUT2D eigenvalue weighted by Gasteiger charge is 2.36. The van der Waals surface area contributed by atoms with Crippen molar-refractivity contribution in [1.29, 1.82) is 0 Å². The molecular weight excluding hydrogens is 374 g/mol. The maximum absolute atomic E-state index is 6.26. The minimum absolute atomic E-state index is 0.0622. The lowest BCUT2D eigenvalue weighted by Gasteiger charge is -2.16. The van der Waals surface area contributed by atoms with E-state index in [0.717, 1.165) is 11.1 Å². The highest BCUT2D eigenvalue weighted by Crippen LogP contribution is 2.33. The van der Waals surface area contributed by atoms with Crippen LogP contribution in [0.3, 0.4) is 0 Å². The summed E-state index contributed by atoms with van der Waals surface area (Å²) >= 11 is 24.9. The smallest absolute Gasteiger partial charge is 0.222 e. The molecule has 6 heteroatoms. The molecule has 0 radical (unpaired) electrons. The molecule has 120 valence electrons. The van der Waals surface area contributed by atoms with Crippen LogP contribution in [0, 0.1) is 13.8 Å². The zero-order valence-electron chi connectivity index (χ0n) is 12.5. The summed E-state index contributed by atoms with van der Waals surface area (Å²) in [5.41, 5.74) is 3.37. The first-order valence-corrected chi connectivity index (χ1v) is 8.30. The van der Waals surface area contributed by atoms with Gasteiger partial charge in [0.15, 0.2) is 0 Å². The fourth-order valence-electron chi connectivity index (χ4n) is 1.85. The molecule has 0 aliphatic heterocycles. The Morgan fingerprint density at radius 3 is 1.52 bits per heavy atom. The molecule has 2 aromatic rings. The molecule has 0 bridgehead atoms. The van der Waals surface area contributed by atoms with E-state index in [-0.39, 0.29) is 10.3 Å². The Morgan fingerprint density at radius 1 is 0.783 bits per heavy atom. The molecule has 0 aliphatic rings. The molecule has 0 heterocycles. The summed E-state index contributed by atoms with van der Waals surface area (Å²) in [6.45, 7) is 3.90. The Kier molecular flexibility index (Phi) is 6.10. The Hall–Kier alpha value is -1.06. The van der Waals surface area contributed by atoms with E-state index in [1.165, 1.54) is 0 Å². The van der Waals surface area contributed by atoms with Gasteiger partial charge in [-0.3, -0.25) is 0 Å². The topological polar surface area (TPSA) is 24.7 Å². The number of aryl methyl sites for hydroxylation is 2. The highest BCUT2D eigenvalue weighted by atomic mass is 35.5. The summed E-state index contributed by atoms with van der Waals surface area (Å²) < 4.78 is -1.71. The summed E-state index contributed by atoms with van der Waals surface area (Å²) in [7, 11) is 0. The van der Waals surface area contributed by atoms with E-state index in [4.69, 9.17) is 46.4 Å². The van der Waals surface area contributed by atoms with Crippen molar-refractivity contribution >= 4 is 68.1 Å².